The van der Waals surface area contributed by atoms with E-state index in [0.29, 0.717) is 25.7 Å². The van der Waals surface area contributed by atoms with E-state index in [2.05, 4.69) is 29.4 Å². The van der Waals surface area contributed by atoms with Crippen molar-refractivity contribution in [1.82, 2.24) is 5.32 Å². The molecule has 0 bridgehead atoms. The summed E-state index contributed by atoms with van der Waals surface area (Å²) in [6.07, 6.45) is 1.02. The second-order valence-corrected chi connectivity index (χ2v) is 3.74. The van der Waals surface area contributed by atoms with Crippen molar-refractivity contribution in [1.29, 1.82) is 0 Å². The Bertz CT molecular complexity index is 363. The fraction of sp³-hybridized carbons (Fsp3) is 0.462. The van der Waals surface area contributed by atoms with E-state index in [1.165, 1.54) is 11.1 Å². The Morgan fingerprint density at radius 1 is 1.35 bits per heavy atom. The number of benzene rings is 1. The monoisotopic (exact) mass is 235 g/mol. The van der Waals surface area contributed by atoms with Crippen LogP contribution in [0, 0.1) is 0 Å². The summed E-state index contributed by atoms with van der Waals surface area (Å²) in [7, 11) is 1.66. The van der Waals surface area contributed by atoms with Gasteiger partial charge in [-0.15, -0.1) is 0 Å². The van der Waals surface area contributed by atoms with E-state index < -0.39 is 0 Å². The van der Waals surface area contributed by atoms with Crippen molar-refractivity contribution < 1.29 is 4.74 Å². The first kappa shape index (κ1) is 13.5. The molecule has 1 aromatic rings. The minimum absolute atomic E-state index is 0.466. The van der Waals surface area contributed by atoms with Gasteiger partial charge in [0.2, 0.25) is 0 Å². The average Bonchev–Trinajstić information content (AvgIpc) is 2.37. The Balaban J connectivity index is 2.50. The maximum absolute atomic E-state index is 5.74. The van der Waals surface area contributed by atoms with E-state index in [4.69, 9.17) is 10.5 Å². The maximum atomic E-state index is 5.74. The zero-order valence-electron chi connectivity index (χ0n) is 10.6. The average molecular weight is 235 g/mol. The number of ether oxygens (including phenoxy) is 1. The van der Waals surface area contributed by atoms with Crippen LogP contribution in [0.5, 0.6) is 0 Å². The van der Waals surface area contributed by atoms with Gasteiger partial charge in [0.15, 0.2) is 5.96 Å². The molecule has 0 saturated heterocycles. The van der Waals surface area contributed by atoms with Crippen LogP contribution in [0.4, 0.5) is 0 Å². The highest BCUT2D eigenvalue weighted by Crippen LogP contribution is 2.10. The van der Waals surface area contributed by atoms with Crippen molar-refractivity contribution in [2.45, 2.75) is 19.9 Å². The molecule has 0 aliphatic heterocycles. The zero-order valence-corrected chi connectivity index (χ0v) is 10.6. The van der Waals surface area contributed by atoms with Gasteiger partial charge >= 0.3 is 0 Å². The molecule has 0 radical (unpaired) electrons. The predicted molar refractivity (Wildman–Crippen MR) is 71.0 cm³/mol. The Morgan fingerprint density at radius 2 is 2.06 bits per heavy atom. The Kier molecular flexibility index (Phi) is 6.10. The lowest BCUT2D eigenvalue weighted by Crippen LogP contribution is -2.34. The summed E-state index contributed by atoms with van der Waals surface area (Å²) in [6.45, 7) is 4.07. The van der Waals surface area contributed by atoms with Crippen LogP contribution < -0.4 is 11.1 Å². The van der Waals surface area contributed by atoms with E-state index in [1.54, 1.807) is 7.11 Å². The summed E-state index contributed by atoms with van der Waals surface area (Å²) in [6, 6.07) is 8.29. The molecule has 0 fully saturated rings. The molecule has 0 saturated carbocycles. The van der Waals surface area contributed by atoms with Crippen LogP contribution in [0.15, 0.2) is 29.3 Å². The number of guanidine groups is 1. The van der Waals surface area contributed by atoms with Gasteiger partial charge in [0.05, 0.1) is 13.2 Å². The van der Waals surface area contributed by atoms with Crippen LogP contribution in [-0.4, -0.2) is 26.2 Å². The molecule has 0 aliphatic carbocycles. The molecule has 0 aromatic heterocycles. The largest absolute Gasteiger partial charge is 0.383 e. The third kappa shape index (κ3) is 4.87. The molecule has 94 valence electrons. The van der Waals surface area contributed by atoms with E-state index in [-0.39, 0.29) is 0 Å². The molecule has 1 aromatic carbocycles. The van der Waals surface area contributed by atoms with E-state index >= 15 is 0 Å². The zero-order chi connectivity index (χ0) is 12.5. The summed E-state index contributed by atoms with van der Waals surface area (Å²) in [5.74, 6) is 0.466. The van der Waals surface area contributed by atoms with Crippen LogP contribution >= 0.6 is 0 Å². The number of hydrogen-bond acceptors (Lipinski definition) is 2. The van der Waals surface area contributed by atoms with Crippen LogP contribution in [0.1, 0.15) is 18.1 Å². The van der Waals surface area contributed by atoms with Crippen LogP contribution in [-0.2, 0) is 17.7 Å². The third-order valence-electron chi connectivity index (χ3n) is 2.53. The van der Waals surface area contributed by atoms with E-state index in [0.717, 1.165) is 6.42 Å². The molecule has 0 spiro atoms. The van der Waals surface area contributed by atoms with Gasteiger partial charge in [0, 0.05) is 13.7 Å². The Morgan fingerprint density at radius 3 is 2.71 bits per heavy atom. The van der Waals surface area contributed by atoms with Crippen molar-refractivity contribution in [3.63, 3.8) is 0 Å². The second kappa shape index (κ2) is 7.68. The minimum Gasteiger partial charge on any atom is -0.383 e. The number of nitrogens with one attached hydrogen (secondary N) is 1. The van der Waals surface area contributed by atoms with Crippen LogP contribution in [0.3, 0.4) is 0 Å². The number of nitrogens with zero attached hydrogens (tertiary/aromatic N) is 1. The predicted octanol–water partition coefficient (Wildman–Crippen LogP) is 1.30. The highest BCUT2D eigenvalue weighted by atomic mass is 16.5. The van der Waals surface area contributed by atoms with Crippen LogP contribution in [0.2, 0.25) is 0 Å². The molecule has 1 rings (SSSR count). The third-order valence-corrected chi connectivity index (χ3v) is 2.53. The molecule has 3 N–H and O–H groups in total. The summed E-state index contributed by atoms with van der Waals surface area (Å²) < 4.78 is 4.92. The fourth-order valence-corrected chi connectivity index (χ4v) is 1.56. The lowest BCUT2D eigenvalue weighted by atomic mass is 10.1. The standard InChI is InChI=1S/C13H21N3O/c1-3-11-6-4-5-7-12(11)10-16-13(14)15-8-9-17-2/h4-7H,3,8-10H2,1-2H3,(H3,14,15,16). The number of aliphatic imine (C=N–C) groups is 1. The molecule has 0 atom stereocenters. The molecule has 4 heteroatoms. The van der Waals surface area contributed by atoms with Gasteiger partial charge < -0.3 is 15.8 Å². The first-order valence-electron chi connectivity index (χ1n) is 5.87. The summed E-state index contributed by atoms with van der Waals surface area (Å²) in [4.78, 5) is 4.30. The first-order chi connectivity index (χ1) is 8.27. The van der Waals surface area contributed by atoms with Gasteiger partial charge in [-0.25, -0.2) is 4.99 Å². The first-order valence-corrected chi connectivity index (χ1v) is 5.87. The fourth-order valence-electron chi connectivity index (χ4n) is 1.56. The Hall–Kier alpha value is -1.55. The molecular formula is C13H21N3O. The number of hydrogen-bond donors (Lipinski definition) is 2. The SMILES string of the molecule is CCc1ccccc1CN=C(N)NCCOC. The van der Waals surface area contributed by atoms with E-state index in [1.807, 2.05) is 12.1 Å². The van der Waals surface area contributed by atoms with E-state index in [9.17, 15) is 0 Å². The summed E-state index contributed by atoms with van der Waals surface area (Å²) in [5.41, 5.74) is 8.29. The maximum Gasteiger partial charge on any atom is 0.188 e. The molecule has 0 heterocycles. The van der Waals surface area contributed by atoms with Gasteiger partial charge in [0.1, 0.15) is 0 Å². The normalized spacial score (nSPS) is 11.5. The molecule has 0 aliphatic rings. The van der Waals surface area contributed by atoms with Gasteiger partial charge in [-0.1, -0.05) is 31.2 Å². The Labute approximate surface area is 103 Å². The lowest BCUT2D eigenvalue weighted by molar-refractivity contribution is 0.204. The van der Waals surface area contributed by atoms with Gasteiger partial charge in [0.25, 0.3) is 0 Å². The van der Waals surface area contributed by atoms with Crippen molar-refractivity contribution in [2.24, 2.45) is 10.7 Å². The topological polar surface area (TPSA) is 59.6 Å². The summed E-state index contributed by atoms with van der Waals surface area (Å²) in [5, 5.41) is 2.99. The molecule has 4 nitrogen and oxygen atoms in total. The highest BCUT2D eigenvalue weighted by Gasteiger charge is 1.98. The summed E-state index contributed by atoms with van der Waals surface area (Å²) >= 11 is 0. The van der Waals surface area contributed by atoms with Crippen molar-refractivity contribution in [3.05, 3.63) is 35.4 Å². The minimum atomic E-state index is 0.466. The number of aryl methyl sites for hydroxylation is 1. The number of nitrogens with two attached hydrogens (primary N) is 1. The van der Waals surface area contributed by atoms with Crippen molar-refractivity contribution >= 4 is 5.96 Å². The van der Waals surface area contributed by atoms with Crippen molar-refractivity contribution in [2.75, 3.05) is 20.3 Å². The van der Waals surface area contributed by atoms with Gasteiger partial charge in [-0.05, 0) is 17.5 Å². The highest BCUT2D eigenvalue weighted by molar-refractivity contribution is 5.77. The smallest absolute Gasteiger partial charge is 0.188 e. The number of rotatable bonds is 6. The molecule has 17 heavy (non-hydrogen) atoms. The molecule has 0 unspecified atom stereocenters. The molecule has 0 amide bonds. The van der Waals surface area contributed by atoms with Crippen LogP contribution in [0.25, 0.3) is 0 Å². The quantitative estimate of drug-likeness (QED) is 0.444. The lowest BCUT2D eigenvalue weighted by Gasteiger charge is -2.07. The van der Waals surface area contributed by atoms with Gasteiger partial charge in [-0.3, -0.25) is 0 Å². The van der Waals surface area contributed by atoms with Crippen molar-refractivity contribution in [3.8, 4) is 0 Å². The second-order valence-electron chi connectivity index (χ2n) is 3.74. The van der Waals surface area contributed by atoms with Gasteiger partial charge in [-0.2, -0.15) is 0 Å². The number of methoxy groups -OCH3 is 1. The molecular weight excluding hydrogens is 214 g/mol.